The van der Waals surface area contributed by atoms with Gasteiger partial charge < -0.3 is 19.4 Å². The van der Waals surface area contributed by atoms with Crippen molar-refractivity contribution >= 4 is 53.7 Å². The lowest BCUT2D eigenvalue weighted by Crippen LogP contribution is -2.27. The summed E-state index contributed by atoms with van der Waals surface area (Å²) < 4.78 is 14.2. The van der Waals surface area contributed by atoms with Crippen LogP contribution in [0.15, 0.2) is 75.7 Å². The van der Waals surface area contributed by atoms with Gasteiger partial charge in [0, 0.05) is 65.8 Å². The molecule has 0 radical (unpaired) electrons. The molecule has 0 atom stereocenters. The standard InChI is InChI=1S/C38H34Br2N2O2/c1-37(2)30-18-25(10-7-21(30)14-27-26-11-8-23(39)16-32(26)41-35(27)37)44-19-20-12-31(40)34-28-15-22-6-9-24(43-5)17-29(22)38(3,4)36(28)42-33(34)13-20/h6-13,16-18,41-42H,14-15,19H2,1-5H3. The molecule has 0 unspecified atom stereocenters. The molecule has 2 aromatic heterocycles. The fraction of sp³-hybridized carbons (Fsp3) is 0.263. The van der Waals surface area contributed by atoms with Crippen LogP contribution < -0.4 is 9.47 Å². The smallest absolute Gasteiger partial charge is 0.120 e. The average Bonchev–Trinajstić information content (AvgIpc) is 3.56. The van der Waals surface area contributed by atoms with Crippen molar-refractivity contribution in [2.24, 2.45) is 0 Å². The molecular formula is C38H34Br2N2O2. The number of benzene rings is 4. The van der Waals surface area contributed by atoms with Gasteiger partial charge in [0.05, 0.1) is 7.11 Å². The predicted octanol–water partition coefficient (Wildman–Crippen LogP) is 10.2. The van der Waals surface area contributed by atoms with E-state index in [-0.39, 0.29) is 10.8 Å². The van der Waals surface area contributed by atoms with Gasteiger partial charge in [-0.2, -0.15) is 0 Å². The van der Waals surface area contributed by atoms with Gasteiger partial charge in [-0.25, -0.2) is 0 Å². The van der Waals surface area contributed by atoms with Crippen LogP contribution in [0.5, 0.6) is 11.5 Å². The molecule has 2 aliphatic carbocycles. The summed E-state index contributed by atoms with van der Waals surface area (Å²) in [5, 5.41) is 2.57. The van der Waals surface area contributed by atoms with Crippen LogP contribution in [-0.4, -0.2) is 17.1 Å². The Bertz CT molecular complexity index is 2150. The molecule has 0 spiro atoms. The van der Waals surface area contributed by atoms with Crippen molar-refractivity contribution in [2.45, 2.75) is 58.0 Å². The first-order valence-electron chi connectivity index (χ1n) is 15.1. The second-order valence-electron chi connectivity index (χ2n) is 13.4. The van der Waals surface area contributed by atoms with Crippen molar-refractivity contribution in [3.05, 3.63) is 126 Å². The van der Waals surface area contributed by atoms with E-state index in [1.54, 1.807) is 7.11 Å². The molecule has 6 heteroatoms. The van der Waals surface area contributed by atoms with Gasteiger partial charge in [0.15, 0.2) is 0 Å². The SMILES string of the molecule is COc1ccc2c(c1)C(C)(C)c1[nH]c3cc(COc4ccc5c(c4)C(C)(C)c4[nH]c6cc(Br)ccc6c4C5)cc(Br)c3c1C2. The van der Waals surface area contributed by atoms with E-state index in [1.807, 2.05) is 0 Å². The number of aromatic nitrogens is 2. The van der Waals surface area contributed by atoms with Gasteiger partial charge in [0.25, 0.3) is 0 Å². The number of hydrogen-bond donors (Lipinski definition) is 2. The molecule has 0 saturated heterocycles. The summed E-state index contributed by atoms with van der Waals surface area (Å²) in [6, 6.07) is 24.1. The van der Waals surface area contributed by atoms with Crippen molar-refractivity contribution in [3.63, 3.8) is 0 Å². The third kappa shape index (κ3) is 4.13. The fourth-order valence-corrected chi connectivity index (χ4v) is 8.87. The number of rotatable bonds is 4. The number of fused-ring (bicyclic) bond motifs is 8. The highest BCUT2D eigenvalue weighted by molar-refractivity contribution is 9.11. The summed E-state index contributed by atoms with van der Waals surface area (Å²) in [4.78, 5) is 7.55. The van der Waals surface area contributed by atoms with Gasteiger partial charge in [0.2, 0.25) is 0 Å². The van der Waals surface area contributed by atoms with Crippen LogP contribution >= 0.6 is 31.9 Å². The zero-order valence-electron chi connectivity index (χ0n) is 25.5. The Morgan fingerprint density at radius 1 is 0.705 bits per heavy atom. The van der Waals surface area contributed by atoms with E-state index in [9.17, 15) is 0 Å². The van der Waals surface area contributed by atoms with Crippen molar-refractivity contribution in [3.8, 4) is 11.5 Å². The lowest BCUT2D eigenvalue weighted by Gasteiger charge is -2.33. The molecule has 0 bridgehead atoms. The van der Waals surface area contributed by atoms with Crippen LogP contribution in [0.25, 0.3) is 21.8 Å². The Hall–Kier alpha value is -3.48. The van der Waals surface area contributed by atoms with Gasteiger partial charge in [-0.05, 0) is 87.5 Å². The molecule has 44 heavy (non-hydrogen) atoms. The van der Waals surface area contributed by atoms with Crippen LogP contribution in [0.4, 0.5) is 0 Å². The Balaban J connectivity index is 1.09. The van der Waals surface area contributed by atoms with Crippen LogP contribution in [0.2, 0.25) is 0 Å². The lowest BCUT2D eigenvalue weighted by atomic mass is 9.72. The van der Waals surface area contributed by atoms with E-state index in [4.69, 9.17) is 9.47 Å². The second-order valence-corrected chi connectivity index (χ2v) is 15.2. The largest absolute Gasteiger partial charge is 0.497 e. The first-order chi connectivity index (χ1) is 21.0. The molecule has 2 aliphatic rings. The molecule has 0 saturated carbocycles. The molecule has 0 aliphatic heterocycles. The van der Waals surface area contributed by atoms with Gasteiger partial charge in [-0.1, -0.05) is 77.8 Å². The Labute approximate surface area is 274 Å². The summed E-state index contributed by atoms with van der Waals surface area (Å²) >= 11 is 7.56. The van der Waals surface area contributed by atoms with Crippen molar-refractivity contribution < 1.29 is 9.47 Å². The summed E-state index contributed by atoms with van der Waals surface area (Å²) in [6.07, 6.45) is 1.82. The Kier molecular flexibility index (Phi) is 6.22. The second kappa shape index (κ2) is 9.76. The Morgan fingerprint density at radius 3 is 2.07 bits per heavy atom. The van der Waals surface area contributed by atoms with Crippen LogP contribution in [-0.2, 0) is 30.3 Å². The van der Waals surface area contributed by atoms with E-state index in [2.05, 4.69) is 136 Å². The van der Waals surface area contributed by atoms with E-state index < -0.39 is 0 Å². The molecule has 4 aromatic carbocycles. The number of H-pyrrole nitrogens is 2. The van der Waals surface area contributed by atoms with Crippen LogP contribution in [0, 0.1) is 0 Å². The topological polar surface area (TPSA) is 50.0 Å². The molecule has 2 N–H and O–H groups in total. The van der Waals surface area contributed by atoms with Crippen molar-refractivity contribution in [1.29, 1.82) is 0 Å². The van der Waals surface area contributed by atoms with E-state index >= 15 is 0 Å². The highest BCUT2D eigenvalue weighted by Crippen LogP contribution is 2.47. The number of hydrogen-bond acceptors (Lipinski definition) is 2. The number of methoxy groups -OCH3 is 1. The molecule has 0 fully saturated rings. The summed E-state index contributed by atoms with van der Waals surface area (Å²) in [7, 11) is 1.73. The average molecular weight is 711 g/mol. The maximum absolute atomic E-state index is 6.47. The predicted molar refractivity (Wildman–Crippen MR) is 186 cm³/mol. The summed E-state index contributed by atoms with van der Waals surface area (Å²) in [6.45, 7) is 9.71. The van der Waals surface area contributed by atoms with Gasteiger partial charge in [-0.3, -0.25) is 0 Å². The number of ether oxygens (including phenoxy) is 2. The number of aromatic amines is 2. The highest BCUT2D eigenvalue weighted by Gasteiger charge is 2.37. The quantitative estimate of drug-likeness (QED) is 0.191. The first-order valence-corrected chi connectivity index (χ1v) is 16.7. The minimum Gasteiger partial charge on any atom is -0.497 e. The maximum atomic E-state index is 6.47. The number of halogens is 2. The molecule has 2 heterocycles. The van der Waals surface area contributed by atoms with Gasteiger partial charge in [-0.15, -0.1) is 0 Å². The first kappa shape index (κ1) is 28.0. The summed E-state index contributed by atoms with van der Waals surface area (Å²) in [5.74, 6) is 1.80. The van der Waals surface area contributed by atoms with E-state index in [0.29, 0.717) is 6.61 Å². The van der Waals surface area contributed by atoms with E-state index in [1.165, 1.54) is 61.1 Å². The zero-order chi connectivity index (χ0) is 30.5. The minimum absolute atomic E-state index is 0.159. The van der Waals surface area contributed by atoms with Crippen molar-refractivity contribution in [2.75, 3.05) is 7.11 Å². The van der Waals surface area contributed by atoms with Crippen LogP contribution in [0.1, 0.15) is 78.0 Å². The molecule has 222 valence electrons. The monoisotopic (exact) mass is 708 g/mol. The fourth-order valence-electron chi connectivity index (χ4n) is 7.76. The minimum atomic E-state index is -0.163. The van der Waals surface area contributed by atoms with Gasteiger partial charge >= 0.3 is 0 Å². The molecule has 4 nitrogen and oxygen atoms in total. The Morgan fingerprint density at radius 2 is 1.34 bits per heavy atom. The molecular weight excluding hydrogens is 676 g/mol. The highest BCUT2D eigenvalue weighted by atomic mass is 79.9. The molecule has 8 rings (SSSR count). The normalized spacial score (nSPS) is 15.9. The third-order valence-electron chi connectivity index (χ3n) is 10.0. The molecule has 0 amide bonds. The third-order valence-corrected chi connectivity index (χ3v) is 11.1. The maximum Gasteiger partial charge on any atom is 0.120 e. The van der Waals surface area contributed by atoms with E-state index in [0.717, 1.165) is 44.4 Å². The number of nitrogens with one attached hydrogen (secondary N) is 2. The lowest BCUT2D eigenvalue weighted by molar-refractivity contribution is 0.305. The molecule has 6 aromatic rings. The van der Waals surface area contributed by atoms with Gasteiger partial charge in [0.1, 0.15) is 18.1 Å². The van der Waals surface area contributed by atoms with Crippen LogP contribution in [0.3, 0.4) is 0 Å². The zero-order valence-corrected chi connectivity index (χ0v) is 28.7. The van der Waals surface area contributed by atoms with Crippen molar-refractivity contribution in [1.82, 2.24) is 9.97 Å². The summed E-state index contributed by atoms with van der Waals surface area (Å²) in [5.41, 5.74) is 13.8.